The van der Waals surface area contributed by atoms with Crippen LogP contribution in [0.1, 0.15) is 41.5 Å². The van der Waals surface area contributed by atoms with E-state index in [-0.39, 0.29) is 0 Å². The first-order valence-electron chi connectivity index (χ1n) is 7.03. The molecule has 19 heavy (non-hydrogen) atoms. The van der Waals surface area contributed by atoms with E-state index in [1.807, 2.05) is 66.1 Å². The van der Waals surface area contributed by atoms with Crippen molar-refractivity contribution in [2.24, 2.45) is 0 Å². The predicted octanol–water partition coefficient (Wildman–Crippen LogP) is 5.92. The van der Waals surface area contributed by atoms with E-state index in [2.05, 4.69) is 22.1 Å². The van der Waals surface area contributed by atoms with Gasteiger partial charge >= 0.3 is 0 Å². The van der Waals surface area contributed by atoms with Gasteiger partial charge in [0.1, 0.15) is 11.0 Å². The van der Waals surface area contributed by atoms with Crippen molar-refractivity contribution in [3.05, 3.63) is 36.7 Å². The Hall–Kier alpha value is -1.48. The molecule has 0 aliphatic carbocycles. The second kappa shape index (κ2) is 10.4. The van der Waals surface area contributed by atoms with Gasteiger partial charge in [-0.25, -0.2) is 0 Å². The van der Waals surface area contributed by atoms with Gasteiger partial charge in [0.15, 0.2) is 0 Å². The van der Waals surface area contributed by atoms with E-state index in [1.54, 1.807) is 11.3 Å². The molecular weight excluding hydrogens is 252 g/mol. The zero-order chi connectivity index (χ0) is 14.7. The van der Waals surface area contributed by atoms with Gasteiger partial charge in [-0.3, -0.25) is 9.97 Å². The Morgan fingerprint density at radius 3 is 1.42 bits per heavy atom. The summed E-state index contributed by atoms with van der Waals surface area (Å²) >= 11 is 1.74. The second-order valence-electron chi connectivity index (χ2n) is 2.80. The summed E-state index contributed by atoms with van der Waals surface area (Å²) in [6.45, 7) is 12.0. The summed E-state index contributed by atoms with van der Waals surface area (Å²) in [6.07, 6.45) is 3.62. The molecule has 0 fully saturated rings. The Balaban J connectivity index is 0.000000482. The van der Waals surface area contributed by atoms with Gasteiger partial charge in [-0.15, -0.1) is 11.3 Å². The second-order valence-corrected chi connectivity index (χ2v) is 3.89. The summed E-state index contributed by atoms with van der Waals surface area (Å²) in [5.41, 5.74) is 2.03. The minimum atomic E-state index is 1.02. The minimum Gasteiger partial charge on any atom is -0.253 e. The highest BCUT2D eigenvalue weighted by Crippen LogP contribution is 2.29. The lowest BCUT2D eigenvalue weighted by Crippen LogP contribution is -1.74. The molecule has 2 nitrogen and oxygen atoms in total. The molecule has 3 aromatic heterocycles. The molecule has 3 rings (SSSR count). The Morgan fingerprint density at radius 1 is 0.684 bits per heavy atom. The van der Waals surface area contributed by atoms with E-state index in [0.717, 1.165) is 11.0 Å². The van der Waals surface area contributed by atoms with Crippen molar-refractivity contribution in [1.82, 2.24) is 9.97 Å². The van der Waals surface area contributed by atoms with Crippen molar-refractivity contribution in [3.8, 4) is 0 Å². The quantitative estimate of drug-likeness (QED) is 0.509. The first kappa shape index (κ1) is 17.5. The Labute approximate surface area is 120 Å². The van der Waals surface area contributed by atoms with Crippen LogP contribution in [0.3, 0.4) is 0 Å². The average Bonchev–Trinajstić information content (AvgIpc) is 2.92. The van der Waals surface area contributed by atoms with Crippen molar-refractivity contribution in [2.75, 3.05) is 0 Å². The third kappa shape index (κ3) is 4.28. The normalized spacial score (nSPS) is 8.53. The van der Waals surface area contributed by atoms with Crippen LogP contribution < -0.4 is 0 Å². The van der Waals surface area contributed by atoms with Crippen LogP contribution in [0.5, 0.6) is 0 Å². The number of hydrogen-bond acceptors (Lipinski definition) is 3. The number of fused-ring (bicyclic) bond motifs is 3. The molecule has 0 bridgehead atoms. The highest BCUT2D eigenvalue weighted by molar-refractivity contribution is 7.25. The van der Waals surface area contributed by atoms with E-state index in [4.69, 9.17) is 0 Å². The molecule has 0 amide bonds. The SMILES string of the molecule is CC.CC.CC.c1cnc2c(c1)sc1cccnc12. The molecule has 0 N–H and O–H groups in total. The lowest BCUT2D eigenvalue weighted by Gasteiger charge is -1.86. The van der Waals surface area contributed by atoms with Crippen LogP contribution >= 0.6 is 11.3 Å². The molecule has 0 spiro atoms. The van der Waals surface area contributed by atoms with Crippen molar-refractivity contribution in [2.45, 2.75) is 41.5 Å². The van der Waals surface area contributed by atoms with Crippen LogP contribution in [0.4, 0.5) is 0 Å². The molecular formula is C16H24N2S. The average molecular weight is 276 g/mol. The molecule has 0 aliphatic rings. The van der Waals surface area contributed by atoms with Crippen LogP contribution in [0.2, 0.25) is 0 Å². The van der Waals surface area contributed by atoms with Gasteiger partial charge in [0.2, 0.25) is 0 Å². The van der Waals surface area contributed by atoms with Gasteiger partial charge in [-0.05, 0) is 24.3 Å². The maximum atomic E-state index is 4.32. The van der Waals surface area contributed by atoms with E-state index in [1.165, 1.54) is 9.40 Å². The molecule has 0 unspecified atom stereocenters. The topological polar surface area (TPSA) is 25.8 Å². The van der Waals surface area contributed by atoms with Crippen molar-refractivity contribution in [3.63, 3.8) is 0 Å². The van der Waals surface area contributed by atoms with Crippen LogP contribution in [0.25, 0.3) is 20.4 Å². The van der Waals surface area contributed by atoms with Crippen LogP contribution in [0.15, 0.2) is 36.7 Å². The molecule has 0 radical (unpaired) electrons. The highest BCUT2D eigenvalue weighted by atomic mass is 32.1. The first-order chi connectivity index (χ1) is 9.45. The van der Waals surface area contributed by atoms with Gasteiger partial charge in [0.25, 0.3) is 0 Å². The fraction of sp³-hybridized carbons (Fsp3) is 0.375. The lowest BCUT2D eigenvalue weighted by molar-refractivity contribution is 1.39. The lowest BCUT2D eigenvalue weighted by atomic mass is 10.3. The first-order valence-corrected chi connectivity index (χ1v) is 7.85. The highest BCUT2D eigenvalue weighted by Gasteiger charge is 2.04. The largest absolute Gasteiger partial charge is 0.253 e. The van der Waals surface area contributed by atoms with E-state index in [0.29, 0.717) is 0 Å². The summed E-state index contributed by atoms with van der Waals surface area (Å²) in [5.74, 6) is 0. The number of rotatable bonds is 0. The number of aromatic nitrogens is 2. The summed E-state index contributed by atoms with van der Waals surface area (Å²) in [6, 6.07) is 8.07. The van der Waals surface area contributed by atoms with Gasteiger partial charge in [-0.1, -0.05) is 41.5 Å². The van der Waals surface area contributed by atoms with Gasteiger partial charge in [0.05, 0.1) is 9.40 Å². The standard InChI is InChI=1S/C10H6N2S.3C2H6/c1-3-7-9(11-5-1)10-8(13-7)4-2-6-12-10;3*1-2/h1-6H;3*1-2H3. The summed E-state index contributed by atoms with van der Waals surface area (Å²) in [7, 11) is 0. The molecule has 0 aromatic carbocycles. The van der Waals surface area contributed by atoms with E-state index < -0.39 is 0 Å². The Bertz CT molecular complexity index is 523. The van der Waals surface area contributed by atoms with Crippen LogP contribution in [-0.4, -0.2) is 9.97 Å². The van der Waals surface area contributed by atoms with Crippen molar-refractivity contribution >= 4 is 31.8 Å². The van der Waals surface area contributed by atoms with Crippen molar-refractivity contribution < 1.29 is 0 Å². The maximum Gasteiger partial charge on any atom is 0.107 e. The smallest absolute Gasteiger partial charge is 0.107 e. The maximum absolute atomic E-state index is 4.32. The summed E-state index contributed by atoms with van der Waals surface area (Å²) < 4.78 is 2.41. The number of pyridine rings is 2. The number of nitrogens with zero attached hydrogens (tertiary/aromatic N) is 2. The molecule has 104 valence electrons. The fourth-order valence-corrected chi connectivity index (χ4v) is 2.44. The Morgan fingerprint density at radius 2 is 1.05 bits per heavy atom. The molecule has 0 aliphatic heterocycles. The van der Waals surface area contributed by atoms with Crippen LogP contribution in [0, 0.1) is 0 Å². The zero-order valence-corrected chi connectivity index (χ0v) is 13.6. The van der Waals surface area contributed by atoms with Crippen LogP contribution in [-0.2, 0) is 0 Å². The third-order valence-corrected chi connectivity index (χ3v) is 3.08. The number of hydrogen-bond donors (Lipinski definition) is 0. The number of thiophene rings is 1. The van der Waals surface area contributed by atoms with Crippen molar-refractivity contribution in [1.29, 1.82) is 0 Å². The summed E-state index contributed by atoms with van der Waals surface area (Å²) in [4.78, 5) is 8.63. The molecule has 3 heterocycles. The third-order valence-electron chi connectivity index (χ3n) is 1.99. The fourth-order valence-electron chi connectivity index (χ4n) is 1.42. The van der Waals surface area contributed by atoms with Gasteiger partial charge in [-0.2, -0.15) is 0 Å². The van der Waals surface area contributed by atoms with Gasteiger partial charge in [0, 0.05) is 12.4 Å². The molecule has 0 saturated heterocycles. The molecule has 3 heteroatoms. The molecule has 3 aromatic rings. The molecule has 0 atom stereocenters. The monoisotopic (exact) mass is 276 g/mol. The van der Waals surface area contributed by atoms with E-state index in [9.17, 15) is 0 Å². The minimum absolute atomic E-state index is 1.02. The van der Waals surface area contributed by atoms with E-state index >= 15 is 0 Å². The Kier molecular flexibility index (Phi) is 9.63. The summed E-state index contributed by atoms with van der Waals surface area (Å²) in [5, 5.41) is 0. The zero-order valence-electron chi connectivity index (χ0n) is 12.8. The predicted molar refractivity (Wildman–Crippen MR) is 89.0 cm³/mol. The molecule has 0 saturated carbocycles. The van der Waals surface area contributed by atoms with Gasteiger partial charge < -0.3 is 0 Å².